The number of rotatable bonds is 2. The summed E-state index contributed by atoms with van der Waals surface area (Å²) in [7, 11) is 0. The van der Waals surface area contributed by atoms with Crippen LogP contribution in [0.1, 0.15) is 30.9 Å². The molecular formula is C19H18O2. The van der Waals surface area contributed by atoms with Gasteiger partial charge in [0.15, 0.2) is 5.43 Å². The van der Waals surface area contributed by atoms with E-state index >= 15 is 0 Å². The maximum atomic E-state index is 12.4. The fraction of sp³-hybridized carbons (Fsp3) is 0.211. The molecule has 0 aliphatic carbocycles. The molecule has 0 fully saturated rings. The smallest absolute Gasteiger partial charge is 0.193 e. The highest BCUT2D eigenvalue weighted by atomic mass is 16.3. The third-order valence-corrected chi connectivity index (χ3v) is 3.68. The van der Waals surface area contributed by atoms with Gasteiger partial charge >= 0.3 is 0 Å². The van der Waals surface area contributed by atoms with E-state index in [1.165, 1.54) is 0 Å². The molecule has 2 nitrogen and oxygen atoms in total. The lowest BCUT2D eigenvalue weighted by molar-refractivity contribution is 0.609. The second-order valence-corrected chi connectivity index (χ2v) is 5.73. The highest BCUT2D eigenvalue weighted by molar-refractivity contribution is 5.83. The first-order valence-electron chi connectivity index (χ1n) is 7.20. The molecule has 3 aromatic rings. The summed E-state index contributed by atoms with van der Waals surface area (Å²) >= 11 is 0. The normalized spacial score (nSPS) is 11.2. The van der Waals surface area contributed by atoms with Gasteiger partial charge in [-0.25, -0.2) is 0 Å². The summed E-state index contributed by atoms with van der Waals surface area (Å²) in [6.45, 7) is 6.24. The summed E-state index contributed by atoms with van der Waals surface area (Å²) in [4.78, 5) is 12.4. The molecule has 1 heterocycles. The first-order valence-corrected chi connectivity index (χ1v) is 7.20. The Bertz CT molecular complexity index is 843. The fourth-order valence-corrected chi connectivity index (χ4v) is 2.61. The lowest BCUT2D eigenvalue weighted by atomic mass is 9.97. The van der Waals surface area contributed by atoms with E-state index in [9.17, 15) is 4.79 Å². The standard InChI is InChI=1S/C19H18O2/c1-12(2)15-9-13(3)10-16-17(20)11-18(21-19(15)16)14-7-5-4-6-8-14/h4-12H,1-3H3. The molecule has 0 bridgehead atoms. The van der Waals surface area contributed by atoms with Crippen LogP contribution < -0.4 is 5.43 Å². The molecule has 0 atom stereocenters. The predicted octanol–water partition coefficient (Wildman–Crippen LogP) is 4.89. The Morgan fingerprint density at radius 1 is 1.00 bits per heavy atom. The molecule has 3 rings (SSSR count). The van der Waals surface area contributed by atoms with Crippen LogP contribution in [0.4, 0.5) is 0 Å². The van der Waals surface area contributed by atoms with Crippen molar-refractivity contribution in [3.8, 4) is 11.3 Å². The summed E-state index contributed by atoms with van der Waals surface area (Å²) in [5, 5.41) is 0.665. The molecule has 0 N–H and O–H groups in total. The second-order valence-electron chi connectivity index (χ2n) is 5.73. The zero-order valence-corrected chi connectivity index (χ0v) is 12.5. The van der Waals surface area contributed by atoms with Crippen LogP contribution in [0.2, 0.25) is 0 Å². The Labute approximate surface area is 124 Å². The van der Waals surface area contributed by atoms with Gasteiger partial charge in [-0.3, -0.25) is 4.79 Å². The van der Waals surface area contributed by atoms with E-state index in [4.69, 9.17) is 4.42 Å². The second kappa shape index (κ2) is 5.21. The number of benzene rings is 2. The first-order chi connectivity index (χ1) is 10.1. The SMILES string of the molecule is Cc1cc(C(C)C)c2oc(-c3ccccc3)cc(=O)c2c1. The molecule has 0 amide bonds. The number of fused-ring (bicyclic) bond motifs is 1. The summed E-state index contributed by atoms with van der Waals surface area (Å²) in [5.41, 5.74) is 3.82. The van der Waals surface area contributed by atoms with Gasteiger partial charge in [0.2, 0.25) is 0 Å². The number of aryl methyl sites for hydroxylation is 1. The minimum Gasteiger partial charge on any atom is -0.456 e. The van der Waals surface area contributed by atoms with Crippen LogP contribution >= 0.6 is 0 Å². The molecule has 0 unspecified atom stereocenters. The Morgan fingerprint density at radius 3 is 2.38 bits per heavy atom. The molecule has 0 saturated carbocycles. The van der Waals surface area contributed by atoms with Crippen molar-refractivity contribution in [2.75, 3.05) is 0 Å². The highest BCUT2D eigenvalue weighted by Gasteiger charge is 2.13. The van der Waals surface area contributed by atoms with Crippen molar-refractivity contribution in [2.24, 2.45) is 0 Å². The van der Waals surface area contributed by atoms with E-state index < -0.39 is 0 Å². The summed E-state index contributed by atoms with van der Waals surface area (Å²) in [6, 6.07) is 15.3. The minimum atomic E-state index is 0.0145. The van der Waals surface area contributed by atoms with Crippen molar-refractivity contribution < 1.29 is 4.42 Å². The van der Waals surface area contributed by atoms with Crippen molar-refractivity contribution in [1.82, 2.24) is 0 Å². The van der Waals surface area contributed by atoms with Crippen LogP contribution in [0.15, 0.2) is 57.7 Å². The molecule has 2 heteroatoms. The number of hydrogen-bond donors (Lipinski definition) is 0. The zero-order valence-electron chi connectivity index (χ0n) is 12.5. The van der Waals surface area contributed by atoms with E-state index in [2.05, 4.69) is 19.9 Å². The molecule has 0 saturated heterocycles. The average Bonchev–Trinajstić information content (AvgIpc) is 2.48. The summed E-state index contributed by atoms with van der Waals surface area (Å²) < 4.78 is 6.08. The molecule has 0 aliphatic rings. The Hall–Kier alpha value is -2.35. The van der Waals surface area contributed by atoms with Gasteiger partial charge in [0.1, 0.15) is 11.3 Å². The first kappa shape index (κ1) is 13.6. The third kappa shape index (κ3) is 2.49. The van der Waals surface area contributed by atoms with Crippen molar-refractivity contribution in [2.45, 2.75) is 26.7 Å². The lowest BCUT2D eigenvalue weighted by Gasteiger charge is -2.11. The molecule has 2 aromatic carbocycles. The van der Waals surface area contributed by atoms with Gasteiger partial charge < -0.3 is 4.42 Å². The van der Waals surface area contributed by atoms with Crippen LogP contribution in [0, 0.1) is 6.92 Å². The number of hydrogen-bond acceptors (Lipinski definition) is 2. The van der Waals surface area contributed by atoms with E-state index in [0.717, 1.165) is 16.7 Å². The van der Waals surface area contributed by atoms with Crippen LogP contribution in [-0.2, 0) is 0 Å². The van der Waals surface area contributed by atoms with Crippen molar-refractivity contribution >= 4 is 11.0 Å². The van der Waals surface area contributed by atoms with E-state index in [0.29, 0.717) is 22.6 Å². The van der Waals surface area contributed by atoms with Gasteiger partial charge in [-0.05, 0) is 30.0 Å². The van der Waals surface area contributed by atoms with Crippen molar-refractivity contribution in [3.05, 3.63) is 69.9 Å². The zero-order chi connectivity index (χ0) is 15.0. The molecule has 0 spiro atoms. The maximum absolute atomic E-state index is 12.4. The Morgan fingerprint density at radius 2 is 1.71 bits per heavy atom. The van der Waals surface area contributed by atoms with Gasteiger partial charge in [-0.1, -0.05) is 50.2 Å². The highest BCUT2D eigenvalue weighted by Crippen LogP contribution is 2.29. The van der Waals surface area contributed by atoms with E-state index in [1.807, 2.05) is 43.3 Å². The maximum Gasteiger partial charge on any atom is 0.193 e. The average molecular weight is 278 g/mol. The lowest BCUT2D eigenvalue weighted by Crippen LogP contribution is -2.03. The van der Waals surface area contributed by atoms with Crippen molar-refractivity contribution in [1.29, 1.82) is 0 Å². The van der Waals surface area contributed by atoms with Crippen LogP contribution in [-0.4, -0.2) is 0 Å². The van der Waals surface area contributed by atoms with Crippen molar-refractivity contribution in [3.63, 3.8) is 0 Å². The quantitative estimate of drug-likeness (QED) is 0.668. The molecule has 21 heavy (non-hydrogen) atoms. The third-order valence-electron chi connectivity index (χ3n) is 3.68. The summed E-state index contributed by atoms with van der Waals surface area (Å²) in [6.07, 6.45) is 0. The van der Waals surface area contributed by atoms with E-state index in [-0.39, 0.29) is 5.43 Å². The molecule has 106 valence electrons. The molecule has 1 aromatic heterocycles. The monoisotopic (exact) mass is 278 g/mol. The minimum absolute atomic E-state index is 0.0145. The Kier molecular flexibility index (Phi) is 3.38. The van der Waals surface area contributed by atoms with Gasteiger partial charge in [0.05, 0.1) is 5.39 Å². The largest absolute Gasteiger partial charge is 0.456 e. The van der Waals surface area contributed by atoms with Crippen LogP contribution in [0.3, 0.4) is 0 Å². The topological polar surface area (TPSA) is 30.2 Å². The fourth-order valence-electron chi connectivity index (χ4n) is 2.61. The molecule has 0 aliphatic heterocycles. The summed E-state index contributed by atoms with van der Waals surface area (Å²) in [5.74, 6) is 0.931. The Balaban J connectivity index is 2.35. The van der Waals surface area contributed by atoms with Gasteiger partial charge in [-0.15, -0.1) is 0 Å². The van der Waals surface area contributed by atoms with Crippen LogP contribution in [0.5, 0.6) is 0 Å². The molecular weight excluding hydrogens is 260 g/mol. The molecule has 0 radical (unpaired) electrons. The van der Waals surface area contributed by atoms with Gasteiger partial charge in [0.25, 0.3) is 0 Å². The van der Waals surface area contributed by atoms with Crippen LogP contribution in [0.25, 0.3) is 22.3 Å². The predicted molar refractivity (Wildman–Crippen MR) is 86.7 cm³/mol. The van der Waals surface area contributed by atoms with E-state index in [1.54, 1.807) is 6.07 Å². The van der Waals surface area contributed by atoms with Gasteiger partial charge in [0, 0.05) is 11.6 Å². The van der Waals surface area contributed by atoms with Gasteiger partial charge in [-0.2, -0.15) is 0 Å².